The fourth-order valence-electron chi connectivity index (χ4n) is 3.75. The first-order chi connectivity index (χ1) is 15.0. The maximum Gasteiger partial charge on any atom is 0.152 e. The molecule has 0 aliphatic rings. The molecule has 5 aromatic rings. The second-order valence-electron chi connectivity index (χ2n) is 7.23. The van der Waals surface area contributed by atoms with Crippen molar-refractivity contribution >= 4 is 27.9 Å². The van der Waals surface area contributed by atoms with E-state index in [0.717, 1.165) is 33.2 Å². The summed E-state index contributed by atoms with van der Waals surface area (Å²) in [6.45, 7) is 3.85. The van der Waals surface area contributed by atoms with Gasteiger partial charge in [-0.25, -0.2) is 15.0 Å². The summed E-state index contributed by atoms with van der Waals surface area (Å²) in [4.78, 5) is 17.6. The number of benzene rings is 1. The van der Waals surface area contributed by atoms with Crippen LogP contribution < -0.4 is 5.73 Å². The first-order valence-corrected chi connectivity index (χ1v) is 9.68. The number of aromatic nitrogens is 5. The highest BCUT2D eigenvalue weighted by Crippen LogP contribution is 2.36. The van der Waals surface area contributed by atoms with Crippen molar-refractivity contribution in [2.45, 2.75) is 13.8 Å². The molecular formula is C24H18N6O. The number of anilines is 1. The molecule has 150 valence electrons. The lowest BCUT2D eigenvalue weighted by Gasteiger charge is -2.14. The predicted molar refractivity (Wildman–Crippen MR) is 120 cm³/mol. The Balaban J connectivity index is 1.84. The summed E-state index contributed by atoms with van der Waals surface area (Å²) in [6, 6.07) is 11.1. The number of rotatable bonds is 1. The van der Waals surface area contributed by atoms with Crippen LogP contribution in [0.3, 0.4) is 0 Å². The van der Waals surface area contributed by atoms with E-state index >= 15 is 0 Å². The van der Waals surface area contributed by atoms with Crippen LogP contribution in [-0.2, 0) is 0 Å². The van der Waals surface area contributed by atoms with Gasteiger partial charge in [0.1, 0.15) is 29.2 Å². The van der Waals surface area contributed by atoms with Crippen molar-refractivity contribution in [1.29, 1.82) is 0 Å². The van der Waals surface area contributed by atoms with Gasteiger partial charge in [0, 0.05) is 28.9 Å². The molecule has 0 spiro atoms. The molecule has 0 amide bonds. The zero-order valence-corrected chi connectivity index (χ0v) is 17.0. The molecule has 3 N–H and O–H groups in total. The van der Waals surface area contributed by atoms with Crippen LogP contribution in [-0.4, -0.2) is 29.6 Å². The van der Waals surface area contributed by atoms with Gasteiger partial charge in [0.15, 0.2) is 5.65 Å². The molecule has 7 nitrogen and oxygen atoms in total. The van der Waals surface area contributed by atoms with Crippen molar-refractivity contribution < 1.29 is 5.11 Å². The third-order valence-electron chi connectivity index (χ3n) is 5.25. The summed E-state index contributed by atoms with van der Waals surface area (Å²) in [5.41, 5.74) is 11.4. The Labute approximate surface area is 178 Å². The minimum Gasteiger partial charge on any atom is -0.508 e. The van der Waals surface area contributed by atoms with E-state index in [1.165, 1.54) is 6.33 Å². The van der Waals surface area contributed by atoms with E-state index in [2.05, 4.69) is 26.8 Å². The molecule has 0 saturated carbocycles. The number of nitrogens with zero attached hydrogens (tertiary/aromatic N) is 5. The SMILES string of the molecule is Cc1ccc(O)c(C)c1-n1c2nc(C#Cc3cccnc3)ccc2c2c(N)ncnc21. The average Bonchev–Trinajstić information content (AvgIpc) is 3.11. The minimum absolute atomic E-state index is 0.199. The maximum atomic E-state index is 10.4. The first-order valence-electron chi connectivity index (χ1n) is 9.68. The van der Waals surface area contributed by atoms with E-state index in [1.54, 1.807) is 18.5 Å². The molecule has 0 aliphatic heterocycles. The van der Waals surface area contributed by atoms with Crippen molar-refractivity contribution in [2.75, 3.05) is 5.73 Å². The normalized spacial score (nSPS) is 10.9. The number of hydrogen-bond donors (Lipinski definition) is 2. The van der Waals surface area contributed by atoms with E-state index in [-0.39, 0.29) is 5.75 Å². The summed E-state index contributed by atoms with van der Waals surface area (Å²) < 4.78 is 1.92. The van der Waals surface area contributed by atoms with Gasteiger partial charge in [-0.3, -0.25) is 9.55 Å². The smallest absolute Gasteiger partial charge is 0.152 e. The fraction of sp³-hybridized carbons (Fsp3) is 0.0833. The van der Waals surface area contributed by atoms with Gasteiger partial charge in [-0.05, 0) is 55.7 Å². The summed E-state index contributed by atoms with van der Waals surface area (Å²) in [6.07, 6.45) is 4.85. The van der Waals surface area contributed by atoms with Crippen molar-refractivity contribution in [2.24, 2.45) is 0 Å². The molecule has 5 rings (SSSR count). The van der Waals surface area contributed by atoms with Crippen LogP contribution in [0.1, 0.15) is 22.4 Å². The third-order valence-corrected chi connectivity index (χ3v) is 5.25. The molecule has 0 aliphatic carbocycles. The molecule has 0 saturated heterocycles. The Kier molecular flexibility index (Phi) is 4.26. The number of hydrogen-bond acceptors (Lipinski definition) is 6. The zero-order chi connectivity index (χ0) is 21.5. The third kappa shape index (κ3) is 3.02. The van der Waals surface area contributed by atoms with Gasteiger partial charge < -0.3 is 10.8 Å². The molecule has 0 radical (unpaired) electrons. The Morgan fingerprint density at radius 3 is 2.68 bits per heavy atom. The number of pyridine rings is 2. The number of phenols is 1. The average molecular weight is 406 g/mol. The standard InChI is InChI=1S/C24H18N6O/c1-14-5-10-19(31)15(2)21(14)30-23-18(20-22(25)27-13-28-24(20)30)9-8-17(29-23)7-6-16-4-3-11-26-12-16/h3-5,8-13,31H,1-2H3,(H2,25,27,28). The van der Waals surface area contributed by atoms with Gasteiger partial charge >= 0.3 is 0 Å². The van der Waals surface area contributed by atoms with Crippen LogP contribution in [0.2, 0.25) is 0 Å². The van der Waals surface area contributed by atoms with Gasteiger partial charge in [0.2, 0.25) is 0 Å². The summed E-state index contributed by atoms with van der Waals surface area (Å²) in [5.74, 6) is 6.76. The molecule has 0 bridgehead atoms. The fourth-order valence-corrected chi connectivity index (χ4v) is 3.75. The van der Waals surface area contributed by atoms with Crippen LogP contribution >= 0.6 is 0 Å². The highest BCUT2D eigenvalue weighted by Gasteiger charge is 2.20. The van der Waals surface area contributed by atoms with E-state index in [9.17, 15) is 5.11 Å². The van der Waals surface area contributed by atoms with Crippen LogP contribution in [0.4, 0.5) is 5.82 Å². The number of nitrogen functional groups attached to an aromatic ring is 1. The van der Waals surface area contributed by atoms with Crippen LogP contribution in [0.5, 0.6) is 5.75 Å². The number of fused-ring (bicyclic) bond motifs is 3. The van der Waals surface area contributed by atoms with Crippen molar-refractivity contribution in [3.05, 3.63) is 77.5 Å². The monoisotopic (exact) mass is 406 g/mol. The molecule has 1 aromatic carbocycles. The number of nitrogens with two attached hydrogens (primary N) is 1. The lowest BCUT2D eigenvalue weighted by atomic mass is 10.1. The second kappa shape index (κ2) is 7.11. The molecule has 7 heteroatoms. The van der Waals surface area contributed by atoms with E-state index in [4.69, 9.17) is 10.7 Å². The van der Waals surface area contributed by atoms with Crippen molar-refractivity contribution in [3.8, 4) is 23.3 Å². The highest BCUT2D eigenvalue weighted by atomic mass is 16.3. The number of phenolic OH excluding ortho intramolecular Hbond substituents is 1. The van der Waals surface area contributed by atoms with E-state index in [1.807, 2.05) is 48.7 Å². The molecule has 0 fully saturated rings. The zero-order valence-electron chi connectivity index (χ0n) is 17.0. The molecule has 0 atom stereocenters. The minimum atomic E-state index is 0.199. The summed E-state index contributed by atoms with van der Waals surface area (Å²) in [7, 11) is 0. The van der Waals surface area contributed by atoms with Gasteiger partial charge in [-0.2, -0.15) is 0 Å². The molecule has 4 aromatic heterocycles. The Bertz CT molecular complexity index is 1530. The van der Waals surface area contributed by atoms with Gasteiger partial charge in [-0.1, -0.05) is 12.0 Å². The first kappa shape index (κ1) is 18.6. The Hall–Kier alpha value is -4.44. The maximum absolute atomic E-state index is 10.4. The largest absolute Gasteiger partial charge is 0.508 e. The Morgan fingerprint density at radius 2 is 1.87 bits per heavy atom. The van der Waals surface area contributed by atoms with Crippen LogP contribution in [0, 0.1) is 25.7 Å². The van der Waals surface area contributed by atoms with Crippen molar-refractivity contribution in [1.82, 2.24) is 24.5 Å². The second-order valence-corrected chi connectivity index (χ2v) is 7.23. The van der Waals surface area contributed by atoms with Gasteiger partial charge in [0.05, 0.1) is 11.1 Å². The lowest BCUT2D eigenvalue weighted by Crippen LogP contribution is -2.03. The van der Waals surface area contributed by atoms with E-state index in [0.29, 0.717) is 22.8 Å². The molecule has 31 heavy (non-hydrogen) atoms. The van der Waals surface area contributed by atoms with Crippen LogP contribution in [0.25, 0.3) is 27.8 Å². The number of aryl methyl sites for hydroxylation is 1. The highest BCUT2D eigenvalue weighted by molar-refractivity contribution is 6.11. The Morgan fingerprint density at radius 1 is 1.00 bits per heavy atom. The molecule has 0 unspecified atom stereocenters. The van der Waals surface area contributed by atoms with Crippen molar-refractivity contribution in [3.63, 3.8) is 0 Å². The predicted octanol–water partition coefficient (Wildman–Crippen LogP) is 3.67. The lowest BCUT2D eigenvalue weighted by molar-refractivity contribution is 0.470. The summed E-state index contributed by atoms with van der Waals surface area (Å²) >= 11 is 0. The topological polar surface area (TPSA) is 103 Å². The quantitative estimate of drug-likeness (QED) is 0.412. The molecule has 4 heterocycles. The summed E-state index contributed by atoms with van der Waals surface area (Å²) in [5, 5.41) is 11.9. The van der Waals surface area contributed by atoms with E-state index < -0.39 is 0 Å². The molecular weight excluding hydrogens is 388 g/mol. The van der Waals surface area contributed by atoms with Gasteiger partial charge in [0.25, 0.3) is 0 Å². The van der Waals surface area contributed by atoms with Gasteiger partial charge in [-0.15, -0.1) is 0 Å². The van der Waals surface area contributed by atoms with Crippen LogP contribution in [0.15, 0.2) is 55.1 Å². The number of aromatic hydroxyl groups is 1.